The Morgan fingerprint density at radius 3 is 0.609 bits per heavy atom. The zero-order valence-electron chi connectivity index (χ0n) is 32.5. The van der Waals surface area contributed by atoms with Crippen molar-refractivity contribution in [2.45, 2.75) is 19.6 Å². The van der Waals surface area contributed by atoms with E-state index in [0.29, 0.717) is 88.7 Å². The van der Waals surface area contributed by atoms with Gasteiger partial charge in [0.05, 0.1) is 19.6 Å². The van der Waals surface area contributed by atoms with Gasteiger partial charge in [0.15, 0.2) is 0 Å². The number of rotatable bonds is 8. The fourth-order valence-electron chi connectivity index (χ4n) is 7.75. The highest BCUT2D eigenvalue weighted by molar-refractivity contribution is 7.86. The second kappa shape index (κ2) is 15.4. The summed E-state index contributed by atoms with van der Waals surface area (Å²) in [5.41, 5.74) is 6.43. The van der Waals surface area contributed by atoms with Crippen LogP contribution >= 0.6 is 0 Å². The molecule has 64 heavy (non-hydrogen) atoms. The summed E-state index contributed by atoms with van der Waals surface area (Å²) >= 11 is 0. The third-order valence-electron chi connectivity index (χ3n) is 10.7. The first-order valence-electron chi connectivity index (χ1n) is 18.8. The van der Waals surface area contributed by atoms with Crippen LogP contribution in [0.4, 0.5) is 0 Å². The Morgan fingerprint density at radius 1 is 0.250 bits per heavy atom. The SMILES string of the molecule is O=S(=O)(O)c1ccc(C2=c3ccc([nH]3)=C(c3ccc(S(=O)(=O)O)cc3)c3ccc([nH]3)C(c3ccc(S(=O)(=O)O)cc3)=c3ccc([nH]3)=C(c3ccc(S(=O)(=O)O)cc3)c3ccc2[nH]3)cc1. The van der Waals surface area contributed by atoms with Crippen LogP contribution in [0.2, 0.25) is 0 Å². The first-order valence-corrected chi connectivity index (χ1v) is 24.6. The normalized spacial score (nSPS) is 13.7. The number of hydrogen-bond acceptors (Lipinski definition) is 8. The number of nitrogens with one attached hydrogen (secondary N) is 4. The molecule has 20 heteroatoms. The standard InChI is InChI=1S/C44H32N4O12S4/c49-61(50,51)29-9-1-25(2-10-29)41-33-17-19-35(45-33)42(26-3-11-30(12-4-26)62(52,53)54)37-21-23-39(47-37)44(28-7-15-32(16-8-28)64(58,59)60)40-24-22-38(48-40)43(36-20-18-34(41)46-36)27-5-13-31(14-6-27)63(55,56)57/h1-24,45-48H,(H,49,50,51)(H,52,53,54)(H,55,56,57)(H,58,59,60). The van der Waals surface area contributed by atoms with Gasteiger partial charge in [-0.3, -0.25) is 18.2 Å². The van der Waals surface area contributed by atoms with Crippen LogP contribution in [-0.2, 0) is 40.5 Å². The molecule has 4 aromatic carbocycles. The molecule has 0 aliphatic carbocycles. The van der Waals surface area contributed by atoms with E-state index in [0.717, 1.165) is 0 Å². The zero-order chi connectivity index (χ0) is 45.3. The summed E-state index contributed by atoms with van der Waals surface area (Å²) in [6.45, 7) is 0. The number of hydrogen-bond donors (Lipinski definition) is 8. The van der Waals surface area contributed by atoms with Crippen molar-refractivity contribution >= 4 is 62.8 Å². The first kappa shape index (κ1) is 42.4. The molecule has 16 nitrogen and oxygen atoms in total. The Kier molecular flexibility index (Phi) is 10.2. The highest BCUT2D eigenvalue weighted by Crippen LogP contribution is 2.29. The minimum atomic E-state index is -4.53. The van der Waals surface area contributed by atoms with Crippen molar-refractivity contribution in [2.75, 3.05) is 0 Å². The molecule has 4 aromatic heterocycles. The highest BCUT2D eigenvalue weighted by atomic mass is 32.2. The molecule has 0 spiro atoms. The first-order chi connectivity index (χ1) is 30.2. The molecule has 0 radical (unpaired) electrons. The van der Waals surface area contributed by atoms with Gasteiger partial charge in [0.2, 0.25) is 0 Å². The summed E-state index contributed by atoms with van der Waals surface area (Å²) in [6.07, 6.45) is 0. The van der Waals surface area contributed by atoms with Crippen molar-refractivity contribution in [3.05, 3.63) is 212 Å². The van der Waals surface area contributed by atoms with Gasteiger partial charge in [-0.15, -0.1) is 0 Å². The van der Waals surface area contributed by atoms with Crippen molar-refractivity contribution < 1.29 is 51.9 Å². The van der Waals surface area contributed by atoms with Crippen LogP contribution in [0.25, 0.3) is 22.3 Å². The van der Waals surface area contributed by atoms with Crippen molar-refractivity contribution in [2.24, 2.45) is 0 Å². The molecule has 0 saturated heterocycles. The molecule has 8 aromatic rings. The van der Waals surface area contributed by atoms with Crippen LogP contribution in [0.3, 0.4) is 0 Å². The lowest BCUT2D eigenvalue weighted by atomic mass is 10.0. The molecule has 5 heterocycles. The summed E-state index contributed by atoms with van der Waals surface area (Å²) in [7, 11) is -18.1. The van der Waals surface area contributed by atoms with E-state index < -0.39 is 40.5 Å². The molecule has 0 unspecified atom stereocenters. The third-order valence-corrected chi connectivity index (χ3v) is 14.1. The average molecular weight is 937 g/mol. The van der Waals surface area contributed by atoms with Gasteiger partial charge in [0.1, 0.15) is 0 Å². The van der Waals surface area contributed by atoms with Crippen LogP contribution in [0, 0.1) is 0 Å². The fraction of sp³-hybridized carbons (Fsp3) is 0. The Hall–Kier alpha value is -6.88. The van der Waals surface area contributed by atoms with Crippen molar-refractivity contribution in [1.82, 2.24) is 19.9 Å². The molecule has 0 amide bonds. The van der Waals surface area contributed by atoms with Crippen LogP contribution < -0.4 is 21.4 Å². The van der Waals surface area contributed by atoms with Gasteiger partial charge in [-0.1, -0.05) is 48.5 Å². The van der Waals surface area contributed by atoms with E-state index in [2.05, 4.69) is 19.9 Å². The number of aromatic nitrogens is 4. The van der Waals surface area contributed by atoms with E-state index in [1.807, 2.05) is 0 Å². The van der Waals surface area contributed by atoms with E-state index in [-0.39, 0.29) is 19.6 Å². The van der Waals surface area contributed by atoms with Crippen LogP contribution in [0.1, 0.15) is 45.0 Å². The van der Waals surface area contributed by atoms with Crippen LogP contribution in [-0.4, -0.2) is 71.8 Å². The molecule has 0 atom stereocenters. The van der Waals surface area contributed by atoms with E-state index in [1.54, 1.807) is 48.5 Å². The molecule has 324 valence electrons. The lowest BCUT2D eigenvalue weighted by Crippen LogP contribution is -2.19. The highest BCUT2D eigenvalue weighted by Gasteiger charge is 2.21. The predicted octanol–water partition coefficient (Wildman–Crippen LogP) is 3.29. The number of fused-ring (bicyclic) bond motifs is 8. The van der Waals surface area contributed by atoms with Gasteiger partial charge in [-0.25, -0.2) is 0 Å². The van der Waals surface area contributed by atoms with Gasteiger partial charge >= 0.3 is 0 Å². The maximum Gasteiger partial charge on any atom is 0.294 e. The van der Waals surface area contributed by atoms with Gasteiger partial charge in [0.25, 0.3) is 40.5 Å². The summed E-state index contributed by atoms with van der Waals surface area (Å²) in [6, 6.07) is 36.7. The second-order valence-electron chi connectivity index (χ2n) is 14.6. The largest absolute Gasteiger partial charge is 0.354 e. The number of H-pyrrole nitrogens is 4. The molecule has 1 aliphatic heterocycles. The molecule has 8 bridgehead atoms. The van der Waals surface area contributed by atoms with Gasteiger partial charge in [0, 0.05) is 66.5 Å². The second-order valence-corrected chi connectivity index (χ2v) is 20.3. The monoisotopic (exact) mass is 936 g/mol. The molecular formula is C44H32N4O12S4. The topological polar surface area (TPSA) is 281 Å². The average Bonchev–Trinajstić information content (AvgIpc) is 4.08. The van der Waals surface area contributed by atoms with E-state index >= 15 is 0 Å². The minimum absolute atomic E-state index is 0.326. The maximum absolute atomic E-state index is 12.0. The Morgan fingerprint density at radius 2 is 0.438 bits per heavy atom. The summed E-state index contributed by atoms with van der Waals surface area (Å²) < 4.78 is 135. The zero-order valence-corrected chi connectivity index (χ0v) is 35.8. The fourth-order valence-corrected chi connectivity index (χ4v) is 9.67. The molecule has 8 N–H and O–H groups in total. The molecule has 9 rings (SSSR count). The number of benzene rings is 4. The summed E-state index contributed by atoms with van der Waals surface area (Å²) in [5, 5.41) is 2.12. The Labute approximate surface area is 364 Å². The molecular weight excluding hydrogens is 905 g/mol. The van der Waals surface area contributed by atoms with Crippen molar-refractivity contribution in [3.63, 3.8) is 0 Å². The van der Waals surface area contributed by atoms with Gasteiger partial charge < -0.3 is 19.9 Å². The van der Waals surface area contributed by atoms with Gasteiger partial charge in [-0.05, 0) is 119 Å². The molecule has 1 aliphatic rings. The lowest BCUT2D eigenvalue weighted by Gasteiger charge is -2.10. The predicted molar refractivity (Wildman–Crippen MR) is 233 cm³/mol. The van der Waals surface area contributed by atoms with E-state index in [9.17, 15) is 51.9 Å². The third kappa shape index (κ3) is 8.11. The Bertz CT molecular complexity index is 3400. The van der Waals surface area contributed by atoms with Crippen LogP contribution in [0.5, 0.6) is 0 Å². The lowest BCUT2D eigenvalue weighted by molar-refractivity contribution is 0.481. The molecule has 0 fully saturated rings. The minimum Gasteiger partial charge on any atom is -0.354 e. The van der Waals surface area contributed by atoms with Crippen molar-refractivity contribution in [1.29, 1.82) is 0 Å². The number of aromatic amines is 4. The molecule has 0 saturated carbocycles. The van der Waals surface area contributed by atoms with E-state index in [1.165, 1.54) is 97.1 Å². The summed E-state index contributed by atoms with van der Waals surface area (Å²) in [5.74, 6) is 0. The van der Waals surface area contributed by atoms with Gasteiger partial charge in [-0.2, -0.15) is 33.7 Å². The van der Waals surface area contributed by atoms with Crippen molar-refractivity contribution in [3.8, 4) is 0 Å². The quantitative estimate of drug-likeness (QED) is 0.102. The maximum atomic E-state index is 12.0. The smallest absolute Gasteiger partial charge is 0.294 e. The Balaban J connectivity index is 1.40. The van der Waals surface area contributed by atoms with E-state index in [4.69, 9.17) is 0 Å². The van der Waals surface area contributed by atoms with Crippen LogP contribution in [0.15, 0.2) is 165 Å². The summed E-state index contributed by atoms with van der Waals surface area (Å²) in [4.78, 5) is 12.6.